The number of rotatable bonds is 6. The van der Waals surface area contributed by atoms with Crippen LogP contribution < -0.4 is 0 Å². The van der Waals surface area contributed by atoms with Crippen LogP contribution in [0.25, 0.3) is 24.3 Å². The molecule has 39 heavy (non-hydrogen) atoms. The molecule has 0 spiro atoms. The predicted octanol–water partition coefficient (Wildman–Crippen LogP) is 10.4. The summed E-state index contributed by atoms with van der Waals surface area (Å²) in [6, 6.07) is 26.1. The van der Waals surface area contributed by atoms with Crippen LogP contribution in [0.3, 0.4) is 0 Å². The van der Waals surface area contributed by atoms with Gasteiger partial charge in [-0.1, -0.05) is 111 Å². The van der Waals surface area contributed by atoms with Gasteiger partial charge in [-0.25, -0.2) is 0 Å². The van der Waals surface area contributed by atoms with Crippen molar-refractivity contribution in [3.05, 3.63) is 142 Å². The Kier molecular flexibility index (Phi) is 7.86. The van der Waals surface area contributed by atoms with Crippen molar-refractivity contribution in [3.8, 4) is 0 Å². The highest BCUT2D eigenvalue weighted by molar-refractivity contribution is 5.71. The Labute approximate surface area is 224 Å². The van der Waals surface area contributed by atoms with E-state index in [4.69, 9.17) is 0 Å². The quantitative estimate of drug-likeness (QED) is 0.170. The molecule has 0 aromatic heterocycles. The second-order valence-corrected chi connectivity index (χ2v) is 9.78. The zero-order valence-corrected chi connectivity index (χ0v) is 21.3. The number of hydrogen-bond acceptors (Lipinski definition) is 0. The van der Waals surface area contributed by atoms with E-state index in [-0.39, 0.29) is 5.41 Å². The molecule has 4 rings (SSSR count). The molecule has 0 saturated heterocycles. The molecule has 0 unspecified atom stereocenters. The van der Waals surface area contributed by atoms with E-state index in [1.165, 1.54) is 24.3 Å². The van der Waals surface area contributed by atoms with Crippen LogP contribution in [-0.4, -0.2) is 0 Å². The van der Waals surface area contributed by atoms with Gasteiger partial charge in [0.15, 0.2) is 0 Å². The first kappa shape index (κ1) is 28.0. The molecule has 0 atom stereocenters. The lowest BCUT2D eigenvalue weighted by molar-refractivity contribution is -0.138. The van der Waals surface area contributed by atoms with Gasteiger partial charge in [-0.3, -0.25) is 0 Å². The van der Waals surface area contributed by atoms with Gasteiger partial charge in [-0.05, 0) is 57.6 Å². The topological polar surface area (TPSA) is 0 Å². The van der Waals surface area contributed by atoms with Gasteiger partial charge in [0.1, 0.15) is 0 Å². The van der Waals surface area contributed by atoms with Crippen LogP contribution in [0.5, 0.6) is 0 Å². The SMILES string of the molecule is CC(C)(c1ccc(/C=C/c2ccc(C(F)(F)F)cc2)cc1)c1ccc(/C=C/c2ccc(C(F)(F)F)cc2)cc1. The molecule has 0 N–H and O–H groups in total. The zero-order chi connectivity index (χ0) is 28.3. The maximum Gasteiger partial charge on any atom is 0.416 e. The molecule has 4 aromatic carbocycles. The van der Waals surface area contributed by atoms with Crippen LogP contribution in [0.15, 0.2) is 97.1 Å². The summed E-state index contributed by atoms with van der Waals surface area (Å²) in [5, 5.41) is 0. The monoisotopic (exact) mass is 536 g/mol. The van der Waals surface area contributed by atoms with Gasteiger partial charge in [-0.15, -0.1) is 0 Å². The average molecular weight is 537 g/mol. The fourth-order valence-electron chi connectivity index (χ4n) is 4.14. The predicted molar refractivity (Wildman–Crippen MR) is 146 cm³/mol. The van der Waals surface area contributed by atoms with E-state index in [0.717, 1.165) is 46.5 Å². The van der Waals surface area contributed by atoms with E-state index in [9.17, 15) is 26.3 Å². The lowest BCUT2D eigenvalue weighted by atomic mass is 9.78. The van der Waals surface area contributed by atoms with E-state index >= 15 is 0 Å². The molecule has 6 heteroatoms. The van der Waals surface area contributed by atoms with Crippen molar-refractivity contribution in [2.24, 2.45) is 0 Å². The Morgan fingerprint density at radius 1 is 0.359 bits per heavy atom. The number of hydrogen-bond donors (Lipinski definition) is 0. The van der Waals surface area contributed by atoms with Gasteiger partial charge < -0.3 is 0 Å². The van der Waals surface area contributed by atoms with Crippen LogP contribution in [0.2, 0.25) is 0 Å². The summed E-state index contributed by atoms with van der Waals surface area (Å²) in [5.74, 6) is 0. The van der Waals surface area contributed by atoms with Gasteiger partial charge in [0.25, 0.3) is 0 Å². The zero-order valence-electron chi connectivity index (χ0n) is 21.3. The Morgan fingerprint density at radius 3 is 0.769 bits per heavy atom. The molecule has 0 bridgehead atoms. The molecule has 0 radical (unpaired) electrons. The minimum Gasteiger partial charge on any atom is -0.166 e. The van der Waals surface area contributed by atoms with Crippen LogP contribution in [0, 0.1) is 0 Å². The number of halogens is 6. The van der Waals surface area contributed by atoms with E-state index in [0.29, 0.717) is 11.1 Å². The van der Waals surface area contributed by atoms with Gasteiger partial charge in [0.2, 0.25) is 0 Å². The Balaban J connectivity index is 1.42. The molecule has 200 valence electrons. The largest absolute Gasteiger partial charge is 0.416 e. The first-order valence-corrected chi connectivity index (χ1v) is 12.2. The third-order valence-corrected chi connectivity index (χ3v) is 6.68. The van der Waals surface area contributed by atoms with Crippen molar-refractivity contribution in [1.29, 1.82) is 0 Å². The molecule has 0 heterocycles. The molecule has 0 aliphatic rings. The molecular formula is C33H26F6. The highest BCUT2D eigenvalue weighted by atomic mass is 19.4. The Hall–Kier alpha value is -4.06. The lowest BCUT2D eigenvalue weighted by Crippen LogP contribution is -2.18. The summed E-state index contributed by atoms with van der Waals surface area (Å²) >= 11 is 0. The molecule has 0 fully saturated rings. The molecule has 0 amide bonds. The van der Waals surface area contributed by atoms with Crippen LogP contribution >= 0.6 is 0 Å². The summed E-state index contributed by atoms with van der Waals surface area (Å²) in [6.07, 6.45) is -1.43. The van der Waals surface area contributed by atoms with Gasteiger partial charge in [0, 0.05) is 5.41 Å². The standard InChI is InChI=1S/C33H26F6/c1-31(2,27-15-7-23(8-16-27)3-5-25-11-19-29(20-12-25)32(34,35)36)28-17-9-24(10-18-28)4-6-26-13-21-30(22-14-26)33(37,38)39/h3-22H,1-2H3/b5-3+,6-4+. The second kappa shape index (κ2) is 11.0. The Morgan fingerprint density at radius 2 is 0.564 bits per heavy atom. The van der Waals surface area contributed by atoms with E-state index in [2.05, 4.69) is 13.8 Å². The fraction of sp³-hybridized carbons (Fsp3) is 0.152. The van der Waals surface area contributed by atoms with Crippen LogP contribution in [0.1, 0.15) is 58.4 Å². The molecule has 0 nitrogen and oxygen atoms in total. The van der Waals surface area contributed by atoms with E-state index in [1.54, 1.807) is 12.2 Å². The second-order valence-electron chi connectivity index (χ2n) is 9.78. The molecule has 0 aliphatic heterocycles. The van der Waals surface area contributed by atoms with E-state index in [1.807, 2.05) is 60.7 Å². The smallest absolute Gasteiger partial charge is 0.166 e. The van der Waals surface area contributed by atoms with Crippen molar-refractivity contribution >= 4 is 24.3 Å². The van der Waals surface area contributed by atoms with E-state index < -0.39 is 23.5 Å². The minimum atomic E-state index is -4.35. The van der Waals surface area contributed by atoms with Crippen molar-refractivity contribution in [2.75, 3.05) is 0 Å². The molecule has 0 aliphatic carbocycles. The third-order valence-electron chi connectivity index (χ3n) is 6.68. The van der Waals surface area contributed by atoms with Crippen LogP contribution in [0.4, 0.5) is 26.3 Å². The third kappa shape index (κ3) is 7.08. The van der Waals surface area contributed by atoms with Gasteiger partial charge in [-0.2, -0.15) is 26.3 Å². The molecule has 4 aromatic rings. The number of benzene rings is 4. The maximum atomic E-state index is 12.7. The molecule has 0 saturated carbocycles. The normalized spacial score (nSPS) is 12.9. The number of alkyl halides is 6. The first-order chi connectivity index (χ1) is 18.3. The summed E-state index contributed by atoms with van der Waals surface area (Å²) in [6.45, 7) is 4.24. The minimum absolute atomic E-state index is 0.286. The summed E-state index contributed by atoms with van der Waals surface area (Å²) < 4.78 is 76.4. The summed E-state index contributed by atoms with van der Waals surface area (Å²) in [4.78, 5) is 0. The van der Waals surface area contributed by atoms with Crippen LogP contribution in [-0.2, 0) is 17.8 Å². The Bertz CT molecular complexity index is 1320. The average Bonchev–Trinajstić information content (AvgIpc) is 2.91. The highest BCUT2D eigenvalue weighted by Crippen LogP contribution is 2.33. The lowest BCUT2D eigenvalue weighted by Gasteiger charge is -2.26. The van der Waals surface area contributed by atoms with Crippen molar-refractivity contribution < 1.29 is 26.3 Å². The van der Waals surface area contributed by atoms with Gasteiger partial charge >= 0.3 is 12.4 Å². The highest BCUT2D eigenvalue weighted by Gasteiger charge is 2.30. The first-order valence-electron chi connectivity index (χ1n) is 12.2. The fourth-order valence-corrected chi connectivity index (χ4v) is 4.14. The maximum absolute atomic E-state index is 12.7. The van der Waals surface area contributed by atoms with Crippen molar-refractivity contribution in [3.63, 3.8) is 0 Å². The van der Waals surface area contributed by atoms with Gasteiger partial charge in [0.05, 0.1) is 11.1 Å². The molecular weight excluding hydrogens is 510 g/mol. The van der Waals surface area contributed by atoms with Crippen molar-refractivity contribution in [1.82, 2.24) is 0 Å². The van der Waals surface area contributed by atoms with Crippen molar-refractivity contribution in [2.45, 2.75) is 31.6 Å². The summed E-state index contributed by atoms with van der Waals surface area (Å²) in [7, 11) is 0. The summed E-state index contributed by atoms with van der Waals surface area (Å²) in [5.41, 5.74) is 3.79.